The summed E-state index contributed by atoms with van der Waals surface area (Å²) in [7, 11) is 1.34. The lowest BCUT2D eigenvalue weighted by Crippen LogP contribution is -2.20. The Labute approximate surface area is 98.3 Å². The first-order chi connectivity index (χ1) is 6.86. The van der Waals surface area contributed by atoms with E-state index >= 15 is 0 Å². The van der Waals surface area contributed by atoms with Crippen molar-refractivity contribution in [2.45, 2.75) is 4.83 Å². The normalized spacial score (nSPS) is 11.3. The van der Waals surface area contributed by atoms with Crippen molar-refractivity contribution in [2.24, 2.45) is 0 Å². The molecule has 0 atom stereocenters. The molecule has 0 heterocycles. The molecule has 0 amide bonds. The number of rotatable bonds is 3. The summed E-state index contributed by atoms with van der Waals surface area (Å²) in [5.41, 5.74) is -0.168. The number of Topliss-reactive ketones (excluding diaryl/α,β-unsaturated/α-hetero) is 1. The van der Waals surface area contributed by atoms with Gasteiger partial charge >= 0.3 is 4.83 Å². The highest BCUT2D eigenvalue weighted by molar-refractivity contribution is 9.10. The lowest BCUT2D eigenvalue weighted by atomic mass is 10.1. The first-order valence-electron chi connectivity index (χ1n) is 3.81. The van der Waals surface area contributed by atoms with E-state index in [1.165, 1.54) is 25.3 Å². The molecule has 0 unspecified atom stereocenters. The minimum atomic E-state index is -3.58. The number of carbonyl (C=O) groups excluding carboxylic acids is 1. The van der Waals surface area contributed by atoms with E-state index in [4.69, 9.17) is 16.3 Å². The molecule has 0 saturated carbocycles. The Morgan fingerprint density at radius 2 is 2.13 bits per heavy atom. The van der Waals surface area contributed by atoms with E-state index in [0.717, 1.165) is 0 Å². The number of hydrogen-bond acceptors (Lipinski definition) is 2. The molecule has 0 saturated heterocycles. The van der Waals surface area contributed by atoms with Crippen molar-refractivity contribution in [2.75, 3.05) is 7.11 Å². The summed E-state index contributed by atoms with van der Waals surface area (Å²) in [6.07, 6.45) is 0. The van der Waals surface area contributed by atoms with Gasteiger partial charge < -0.3 is 4.74 Å². The summed E-state index contributed by atoms with van der Waals surface area (Å²) in [5, 5.41) is 0.256. The maximum atomic E-state index is 12.6. The lowest BCUT2D eigenvalue weighted by molar-refractivity contribution is 0.0592. The van der Waals surface area contributed by atoms with Gasteiger partial charge in [0.1, 0.15) is 5.75 Å². The number of ketones is 1. The van der Waals surface area contributed by atoms with Gasteiger partial charge in [-0.05, 0) is 34.1 Å². The fraction of sp³-hybridized carbons (Fsp3) is 0.222. The van der Waals surface area contributed by atoms with Gasteiger partial charge in [-0.3, -0.25) is 4.79 Å². The molecule has 0 spiro atoms. The van der Waals surface area contributed by atoms with E-state index in [1.807, 2.05) is 15.9 Å². The van der Waals surface area contributed by atoms with Crippen LogP contribution in [0.4, 0.5) is 8.78 Å². The highest BCUT2D eigenvalue weighted by Gasteiger charge is 2.35. The van der Waals surface area contributed by atoms with Crippen molar-refractivity contribution < 1.29 is 18.3 Å². The minimum absolute atomic E-state index is 0.168. The average molecular weight is 299 g/mol. The van der Waals surface area contributed by atoms with Gasteiger partial charge in [0.05, 0.1) is 12.1 Å². The van der Waals surface area contributed by atoms with Gasteiger partial charge in [-0.1, -0.05) is 11.6 Å². The Kier molecular flexibility index (Phi) is 3.67. The number of hydrogen-bond donors (Lipinski definition) is 0. The average Bonchev–Trinajstić information content (AvgIpc) is 2.16. The maximum absolute atomic E-state index is 12.6. The van der Waals surface area contributed by atoms with Crippen molar-refractivity contribution in [3.8, 4) is 5.75 Å². The molecule has 0 N–H and O–H groups in total. The fourth-order valence-corrected chi connectivity index (χ4v) is 1.39. The van der Waals surface area contributed by atoms with Crippen LogP contribution in [0.25, 0.3) is 0 Å². The Balaban J connectivity index is 3.12. The molecule has 0 bridgehead atoms. The van der Waals surface area contributed by atoms with Gasteiger partial charge in [0.25, 0.3) is 0 Å². The van der Waals surface area contributed by atoms with Crippen LogP contribution in [-0.4, -0.2) is 17.7 Å². The molecule has 1 aromatic rings. The molecular weight excluding hydrogens is 293 g/mol. The molecule has 0 fully saturated rings. The van der Waals surface area contributed by atoms with Gasteiger partial charge in [-0.25, -0.2) is 0 Å². The predicted molar refractivity (Wildman–Crippen MR) is 56.2 cm³/mol. The fourth-order valence-electron chi connectivity index (χ4n) is 0.965. The van der Waals surface area contributed by atoms with Gasteiger partial charge in [-0.15, -0.1) is 0 Å². The molecule has 0 aromatic heterocycles. The van der Waals surface area contributed by atoms with Crippen LogP contribution < -0.4 is 4.74 Å². The lowest BCUT2D eigenvalue weighted by Gasteiger charge is -2.09. The van der Waals surface area contributed by atoms with Crippen LogP contribution in [0, 0.1) is 0 Å². The van der Waals surface area contributed by atoms with Gasteiger partial charge in [0, 0.05) is 5.56 Å². The second-order valence-corrected chi connectivity index (χ2v) is 4.08. The summed E-state index contributed by atoms with van der Waals surface area (Å²) < 4.78 is 30.1. The molecular formula is C9H6BrClF2O2. The first-order valence-corrected chi connectivity index (χ1v) is 4.98. The van der Waals surface area contributed by atoms with Gasteiger partial charge in [0.2, 0.25) is 5.78 Å². The second kappa shape index (κ2) is 4.45. The highest BCUT2D eigenvalue weighted by atomic mass is 79.9. The molecule has 0 aliphatic rings. The Bertz CT molecular complexity index is 390. The molecule has 1 rings (SSSR count). The van der Waals surface area contributed by atoms with E-state index in [1.54, 1.807) is 0 Å². The number of alkyl halides is 3. The maximum Gasteiger partial charge on any atom is 0.363 e. The van der Waals surface area contributed by atoms with E-state index in [9.17, 15) is 13.6 Å². The molecule has 0 aliphatic heterocycles. The third-order valence-corrected chi connectivity index (χ3v) is 2.34. The molecule has 82 valence electrons. The van der Waals surface area contributed by atoms with Crippen LogP contribution >= 0.6 is 27.5 Å². The van der Waals surface area contributed by atoms with Crippen molar-refractivity contribution >= 4 is 33.3 Å². The SMILES string of the molecule is COc1cc(C(=O)C(F)(F)Br)ccc1Cl. The van der Waals surface area contributed by atoms with Crippen molar-refractivity contribution in [3.63, 3.8) is 0 Å². The van der Waals surface area contributed by atoms with Crippen molar-refractivity contribution in [1.82, 2.24) is 0 Å². The van der Waals surface area contributed by atoms with Crippen LogP contribution in [0.5, 0.6) is 5.75 Å². The first kappa shape index (κ1) is 12.4. The zero-order valence-electron chi connectivity index (χ0n) is 7.56. The number of ether oxygens (including phenoxy) is 1. The monoisotopic (exact) mass is 298 g/mol. The predicted octanol–water partition coefficient (Wildman–Crippen LogP) is 3.52. The topological polar surface area (TPSA) is 26.3 Å². The molecule has 2 nitrogen and oxygen atoms in total. The van der Waals surface area contributed by atoms with Crippen LogP contribution in [0.2, 0.25) is 5.02 Å². The third kappa shape index (κ3) is 2.89. The van der Waals surface area contributed by atoms with Gasteiger partial charge in [-0.2, -0.15) is 8.78 Å². The van der Waals surface area contributed by atoms with E-state index in [2.05, 4.69) is 0 Å². The summed E-state index contributed by atoms with van der Waals surface area (Å²) in [4.78, 5) is 7.57. The van der Waals surface area contributed by atoms with Crippen molar-refractivity contribution in [3.05, 3.63) is 28.8 Å². The van der Waals surface area contributed by atoms with E-state index in [0.29, 0.717) is 0 Å². The van der Waals surface area contributed by atoms with E-state index in [-0.39, 0.29) is 16.3 Å². The zero-order valence-corrected chi connectivity index (χ0v) is 9.90. The quantitative estimate of drug-likeness (QED) is 0.630. The smallest absolute Gasteiger partial charge is 0.363 e. The van der Waals surface area contributed by atoms with Crippen LogP contribution in [0.1, 0.15) is 10.4 Å². The molecule has 0 aliphatic carbocycles. The number of methoxy groups -OCH3 is 1. The second-order valence-electron chi connectivity index (χ2n) is 2.68. The molecule has 1 aromatic carbocycles. The summed E-state index contributed by atoms with van der Waals surface area (Å²) >= 11 is 7.67. The van der Waals surface area contributed by atoms with E-state index < -0.39 is 10.6 Å². The van der Waals surface area contributed by atoms with Crippen LogP contribution in [0.3, 0.4) is 0 Å². The largest absolute Gasteiger partial charge is 0.495 e. The number of carbonyl (C=O) groups is 1. The zero-order chi connectivity index (χ0) is 11.6. The van der Waals surface area contributed by atoms with Crippen molar-refractivity contribution in [1.29, 1.82) is 0 Å². The minimum Gasteiger partial charge on any atom is -0.495 e. The van der Waals surface area contributed by atoms with Crippen LogP contribution in [-0.2, 0) is 0 Å². The van der Waals surface area contributed by atoms with Gasteiger partial charge in [0.15, 0.2) is 0 Å². The third-order valence-electron chi connectivity index (χ3n) is 1.67. The molecule has 6 heteroatoms. The molecule has 15 heavy (non-hydrogen) atoms. The standard InChI is InChI=1S/C9H6BrClF2O2/c1-15-7-4-5(2-3-6(7)11)8(14)9(10,12)13/h2-4H,1H3. The number of halogens is 4. The summed E-state index contributed by atoms with van der Waals surface area (Å²) in [6, 6.07) is 3.70. The summed E-state index contributed by atoms with van der Waals surface area (Å²) in [5.74, 6) is -1.16. The molecule has 0 radical (unpaired) electrons. The summed E-state index contributed by atoms with van der Waals surface area (Å²) in [6.45, 7) is 0. The Morgan fingerprint density at radius 3 is 2.60 bits per heavy atom. The van der Waals surface area contributed by atoms with Crippen LogP contribution in [0.15, 0.2) is 18.2 Å². The Morgan fingerprint density at radius 1 is 1.53 bits per heavy atom. The highest BCUT2D eigenvalue weighted by Crippen LogP contribution is 2.30. The number of benzene rings is 1. The Hall–Kier alpha value is -0.680.